The molecule has 0 amide bonds. The first-order valence-electron chi connectivity index (χ1n) is 3.76. The summed E-state index contributed by atoms with van der Waals surface area (Å²) >= 11 is 0. The van der Waals surface area contributed by atoms with Crippen molar-refractivity contribution in [1.82, 2.24) is 14.4 Å². The van der Waals surface area contributed by atoms with Gasteiger partial charge in [0.15, 0.2) is 0 Å². The molecule has 2 aromatic heterocycles. The number of hydrogen-bond donors (Lipinski definition) is 0. The summed E-state index contributed by atoms with van der Waals surface area (Å²) in [4.78, 5) is 8.11. The Morgan fingerprint density at radius 1 is 1.46 bits per heavy atom. The van der Waals surface area contributed by atoms with E-state index in [2.05, 4.69) is 9.97 Å². The third kappa shape index (κ3) is 1.27. The fourth-order valence-electron chi connectivity index (χ4n) is 1.09. The number of imidazole rings is 1. The summed E-state index contributed by atoms with van der Waals surface area (Å²) in [6, 6.07) is 3.75. The second kappa shape index (κ2) is 3.07. The van der Waals surface area contributed by atoms with Crippen molar-refractivity contribution in [2.24, 2.45) is 0 Å². The smallest absolute Gasteiger partial charge is 0.234 e. The molecule has 0 aromatic carbocycles. The monoisotopic (exact) mass is 170 g/mol. The first-order chi connectivity index (χ1) is 6.42. The Bertz CT molecular complexity index is 490. The van der Waals surface area contributed by atoms with Crippen LogP contribution < -0.4 is 0 Å². The van der Waals surface area contributed by atoms with Gasteiger partial charge in [0, 0.05) is 18.5 Å². The molecule has 2 heterocycles. The average Bonchev–Trinajstić information content (AvgIpc) is 2.58. The molecule has 0 fully saturated rings. The van der Waals surface area contributed by atoms with Crippen molar-refractivity contribution in [3.8, 4) is 6.07 Å². The van der Waals surface area contributed by atoms with E-state index in [0.717, 1.165) is 5.69 Å². The van der Waals surface area contributed by atoms with E-state index in [9.17, 15) is 0 Å². The molecule has 0 saturated carbocycles. The van der Waals surface area contributed by atoms with Crippen molar-refractivity contribution in [3.05, 3.63) is 36.4 Å². The predicted octanol–water partition coefficient (Wildman–Crippen LogP) is 1.27. The lowest BCUT2D eigenvalue weighted by molar-refractivity contribution is 1.10. The molecule has 0 atom stereocenters. The third-order valence-electron chi connectivity index (χ3n) is 1.65. The van der Waals surface area contributed by atoms with E-state index in [1.165, 1.54) is 6.08 Å². The maximum absolute atomic E-state index is 8.36. The van der Waals surface area contributed by atoms with Gasteiger partial charge in [0.05, 0.1) is 18.0 Å². The molecule has 0 spiro atoms. The molecule has 2 rings (SSSR count). The van der Waals surface area contributed by atoms with Gasteiger partial charge in [-0.05, 0) is 12.1 Å². The summed E-state index contributed by atoms with van der Waals surface area (Å²) in [7, 11) is 0. The van der Waals surface area contributed by atoms with Crippen LogP contribution in [0.1, 0.15) is 5.69 Å². The van der Waals surface area contributed by atoms with E-state index in [1.54, 1.807) is 18.5 Å². The Labute approximate surface area is 74.8 Å². The minimum absolute atomic E-state index is 0.639. The molecule has 0 radical (unpaired) electrons. The average molecular weight is 170 g/mol. The van der Waals surface area contributed by atoms with Crippen LogP contribution in [-0.4, -0.2) is 14.4 Å². The Morgan fingerprint density at radius 3 is 3.23 bits per heavy atom. The standard InChI is InChI=1S/C9H6N4/c10-4-1-3-8-7-12-9-11-5-2-6-13(8)9/h1-3,5-7H. The van der Waals surface area contributed by atoms with Crippen molar-refractivity contribution < 1.29 is 0 Å². The highest BCUT2D eigenvalue weighted by atomic mass is 15.1. The first-order valence-corrected chi connectivity index (χ1v) is 3.76. The normalized spacial score (nSPS) is 10.7. The van der Waals surface area contributed by atoms with Gasteiger partial charge in [-0.2, -0.15) is 5.26 Å². The van der Waals surface area contributed by atoms with Crippen molar-refractivity contribution in [3.63, 3.8) is 0 Å². The Hall–Kier alpha value is -2.15. The molecule has 0 saturated heterocycles. The molecule has 2 aromatic rings. The van der Waals surface area contributed by atoms with E-state index in [1.807, 2.05) is 22.7 Å². The van der Waals surface area contributed by atoms with Gasteiger partial charge in [0.2, 0.25) is 5.78 Å². The topological polar surface area (TPSA) is 54.0 Å². The van der Waals surface area contributed by atoms with Crippen molar-refractivity contribution in [2.75, 3.05) is 0 Å². The van der Waals surface area contributed by atoms with Crippen molar-refractivity contribution >= 4 is 11.9 Å². The van der Waals surface area contributed by atoms with Gasteiger partial charge in [-0.1, -0.05) is 0 Å². The van der Waals surface area contributed by atoms with Gasteiger partial charge in [-0.25, -0.2) is 9.97 Å². The van der Waals surface area contributed by atoms with E-state index in [-0.39, 0.29) is 0 Å². The second-order valence-electron chi connectivity index (χ2n) is 2.44. The summed E-state index contributed by atoms with van der Waals surface area (Å²) in [6.07, 6.45) is 8.32. The first kappa shape index (κ1) is 7.50. The van der Waals surface area contributed by atoms with E-state index in [0.29, 0.717) is 5.78 Å². The SMILES string of the molecule is N#CC=Cc1cnc2ncccn12. The quantitative estimate of drug-likeness (QED) is 0.605. The van der Waals surface area contributed by atoms with Gasteiger partial charge in [0.1, 0.15) is 0 Å². The molecular formula is C9H6N4. The molecule has 62 valence electrons. The summed E-state index contributed by atoms with van der Waals surface area (Å²) in [5, 5.41) is 8.36. The number of allylic oxidation sites excluding steroid dienone is 1. The highest BCUT2D eigenvalue weighted by Crippen LogP contribution is 2.04. The zero-order valence-corrected chi connectivity index (χ0v) is 6.75. The molecular weight excluding hydrogens is 164 g/mol. The number of nitrogens with zero attached hydrogens (tertiary/aromatic N) is 4. The predicted molar refractivity (Wildman–Crippen MR) is 47.6 cm³/mol. The van der Waals surface area contributed by atoms with Crippen LogP contribution in [-0.2, 0) is 0 Å². The molecule has 0 unspecified atom stereocenters. The lowest BCUT2D eigenvalue weighted by atomic mass is 10.4. The summed E-state index contributed by atoms with van der Waals surface area (Å²) in [5.41, 5.74) is 0.852. The van der Waals surface area contributed by atoms with Crippen LogP contribution in [0.4, 0.5) is 0 Å². The van der Waals surface area contributed by atoms with Gasteiger partial charge in [-0.3, -0.25) is 4.40 Å². The van der Waals surface area contributed by atoms with E-state index in [4.69, 9.17) is 5.26 Å². The van der Waals surface area contributed by atoms with Gasteiger partial charge < -0.3 is 0 Å². The Kier molecular flexibility index (Phi) is 1.77. The van der Waals surface area contributed by atoms with Crippen LogP contribution >= 0.6 is 0 Å². The number of aromatic nitrogens is 3. The zero-order chi connectivity index (χ0) is 9.10. The highest BCUT2D eigenvalue weighted by molar-refractivity contribution is 5.51. The maximum Gasteiger partial charge on any atom is 0.234 e. The summed E-state index contributed by atoms with van der Waals surface area (Å²) in [6.45, 7) is 0. The minimum atomic E-state index is 0.639. The van der Waals surface area contributed by atoms with Crippen LogP contribution in [0.3, 0.4) is 0 Å². The number of rotatable bonds is 1. The van der Waals surface area contributed by atoms with Crippen molar-refractivity contribution in [2.45, 2.75) is 0 Å². The van der Waals surface area contributed by atoms with Gasteiger partial charge >= 0.3 is 0 Å². The zero-order valence-electron chi connectivity index (χ0n) is 6.75. The maximum atomic E-state index is 8.36. The summed E-state index contributed by atoms with van der Waals surface area (Å²) in [5.74, 6) is 0.639. The third-order valence-corrected chi connectivity index (χ3v) is 1.65. The van der Waals surface area contributed by atoms with Crippen LogP contribution in [0.2, 0.25) is 0 Å². The van der Waals surface area contributed by atoms with E-state index >= 15 is 0 Å². The molecule has 0 aliphatic rings. The highest BCUT2D eigenvalue weighted by Gasteiger charge is 1.97. The van der Waals surface area contributed by atoms with Crippen LogP contribution in [0.25, 0.3) is 11.9 Å². The lowest BCUT2D eigenvalue weighted by Gasteiger charge is -1.92. The molecule has 0 aliphatic carbocycles. The largest absolute Gasteiger partial charge is 0.284 e. The molecule has 13 heavy (non-hydrogen) atoms. The number of hydrogen-bond acceptors (Lipinski definition) is 3. The Morgan fingerprint density at radius 2 is 2.38 bits per heavy atom. The number of fused-ring (bicyclic) bond motifs is 1. The van der Waals surface area contributed by atoms with E-state index < -0.39 is 0 Å². The van der Waals surface area contributed by atoms with Crippen LogP contribution in [0, 0.1) is 11.3 Å². The molecule has 0 bridgehead atoms. The van der Waals surface area contributed by atoms with Gasteiger partial charge in [-0.15, -0.1) is 0 Å². The molecule has 4 heteroatoms. The lowest BCUT2D eigenvalue weighted by Crippen LogP contribution is -1.87. The van der Waals surface area contributed by atoms with Gasteiger partial charge in [0.25, 0.3) is 0 Å². The molecule has 0 aliphatic heterocycles. The van der Waals surface area contributed by atoms with Crippen LogP contribution in [0.15, 0.2) is 30.7 Å². The summed E-state index contributed by atoms with van der Waals surface area (Å²) < 4.78 is 1.81. The van der Waals surface area contributed by atoms with Crippen molar-refractivity contribution in [1.29, 1.82) is 5.26 Å². The fraction of sp³-hybridized carbons (Fsp3) is 0. The number of nitriles is 1. The molecule has 0 N–H and O–H groups in total. The van der Waals surface area contributed by atoms with Crippen LogP contribution in [0.5, 0.6) is 0 Å². The minimum Gasteiger partial charge on any atom is -0.284 e. The second-order valence-corrected chi connectivity index (χ2v) is 2.44. The molecule has 4 nitrogen and oxygen atoms in total. The Balaban J connectivity index is 2.59. The fourth-order valence-corrected chi connectivity index (χ4v) is 1.09.